The van der Waals surface area contributed by atoms with Crippen LogP contribution in [0.3, 0.4) is 0 Å². The summed E-state index contributed by atoms with van der Waals surface area (Å²) in [4.78, 5) is 0. The second-order valence-corrected chi connectivity index (χ2v) is 2.69. The van der Waals surface area contributed by atoms with Gasteiger partial charge in [-0.1, -0.05) is 31.2 Å². The fourth-order valence-corrected chi connectivity index (χ4v) is 0.929. The standard InChI is InChI=1S/C7H8O.C5H5.Fe/c1-6(8)7-4-2-3-5-7;1-2-4-5-3-1;/h2-5,8H,1H3;1-5H;/q;-1;/p-1. The van der Waals surface area contributed by atoms with Crippen LogP contribution in [0.5, 0.6) is 0 Å². The fourth-order valence-electron chi connectivity index (χ4n) is 0.929. The van der Waals surface area contributed by atoms with Gasteiger partial charge in [0.05, 0.1) is 0 Å². The first-order chi connectivity index (χ1) is 6.30. The third-order valence-corrected chi connectivity index (χ3v) is 1.62. The fraction of sp³-hybridized carbons (Fsp3) is 0.0833. The van der Waals surface area contributed by atoms with Crippen LogP contribution >= 0.6 is 0 Å². The molecule has 1 aliphatic rings. The molecule has 1 aromatic rings. The van der Waals surface area contributed by atoms with Crippen molar-refractivity contribution in [1.82, 2.24) is 0 Å². The molecule has 0 atom stereocenters. The van der Waals surface area contributed by atoms with Crippen molar-refractivity contribution in [1.29, 1.82) is 0 Å². The van der Waals surface area contributed by atoms with Crippen LogP contribution in [-0.2, 0) is 17.1 Å². The minimum Gasteiger partial charge on any atom is -0.875 e. The topological polar surface area (TPSA) is 23.1 Å². The van der Waals surface area contributed by atoms with Gasteiger partial charge in [0.2, 0.25) is 0 Å². The summed E-state index contributed by atoms with van der Waals surface area (Å²) in [6.45, 7) is 1.56. The third kappa shape index (κ3) is 4.80. The molecule has 2 rings (SSSR count). The first-order valence-corrected chi connectivity index (χ1v) is 4.20. The Morgan fingerprint density at radius 1 is 1.14 bits per heavy atom. The zero-order valence-electron chi connectivity index (χ0n) is 7.96. The molecule has 1 aliphatic carbocycles. The van der Waals surface area contributed by atoms with E-state index in [1.54, 1.807) is 6.92 Å². The van der Waals surface area contributed by atoms with Crippen LogP contribution in [0, 0.1) is 0 Å². The maximum absolute atomic E-state index is 10.5. The molecule has 0 fully saturated rings. The van der Waals surface area contributed by atoms with E-state index in [-0.39, 0.29) is 22.8 Å². The van der Waals surface area contributed by atoms with Gasteiger partial charge in [0, 0.05) is 17.1 Å². The zero-order valence-corrected chi connectivity index (χ0v) is 9.06. The number of rotatable bonds is 0. The molecule has 0 heterocycles. The average Bonchev–Trinajstić information content (AvgIpc) is 2.82. The Balaban J connectivity index is 0.000000246. The van der Waals surface area contributed by atoms with Gasteiger partial charge in [0.15, 0.2) is 0 Å². The Hall–Kier alpha value is -1.11. The maximum atomic E-state index is 10.5. The smallest absolute Gasteiger partial charge is 0 e. The Morgan fingerprint density at radius 3 is 1.86 bits per heavy atom. The van der Waals surface area contributed by atoms with Crippen LogP contribution in [0.1, 0.15) is 6.92 Å². The summed E-state index contributed by atoms with van der Waals surface area (Å²) in [7, 11) is 0. The minimum absolute atomic E-state index is 0. The molecule has 0 unspecified atom stereocenters. The summed E-state index contributed by atoms with van der Waals surface area (Å²) < 4.78 is 0. The number of hydrogen-bond donors (Lipinski definition) is 0. The number of allylic oxidation sites excluding steroid dienone is 6. The Labute approximate surface area is 95.3 Å². The summed E-state index contributed by atoms with van der Waals surface area (Å²) >= 11 is 0. The van der Waals surface area contributed by atoms with Crippen LogP contribution in [-0.4, -0.2) is 0 Å². The molecular weight excluding hydrogens is 216 g/mol. The van der Waals surface area contributed by atoms with E-state index in [1.165, 1.54) is 0 Å². The normalized spacial score (nSPS) is 11.6. The Kier molecular flexibility index (Phi) is 6.73. The largest absolute Gasteiger partial charge is 0.875 e. The number of hydrogen-bond acceptors (Lipinski definition) is 1. The van der Waals surface area contributed by atoms with Gasteiger partial charge < -0.3 is 5.11 Å². The first-order valence-electron chi connectivity index (χ1n) is 4.20. The van der Waals surface area contributed by atoms with E-state index < -0.39 is 0 Å². The van der Waals surface area contributed by atoms with E-state index >= 15 is 0 Å². The summed E-state index contributed by atoms with van der Waals surface area (Å²) in [5.41, 5.74) is 0.796. The Bertz CT molecular complexity index is 283. The van der Waals surface area contributed by atoms with E-state index in [2.05, 4.69) is 0 Å². The first kappa shape index (κ1) is 12.9. The molecular formula is C12H12FeO-2. The van der Waals surface area contributed by atoms with Crippen molar-refractivity contribution < 1.29 is 22.2 Å². The minimum atomic E-state index is 0. The maximum Gasteiger partial charge on any atom is 0 e. The van der Waals surface area contributed by atoms with Crippen molar-refractivity contribution in [3.63, 3.8) is 0 Å². The predicted molar refractivity (Wildman–Crippen MR) is 53.0 cm³/mol. The van der Waals surface area contributed by atoms with Gasteiger partial charge in [-0.05, 0) is 5.57 Å². The van der Waals surface area contributed by atoms with Gasteiger partial charge >= 0.3 is 0 Å². The molecule has 1 nitrogen and oxygen atoms in total. The summed E-state index contributed by atoms with van der Waals surface area (Å²) in [5, 5.41) is 10.5. The molecule has 76 valence electrons. The van der Waals surface area contributed by atoms with Crippen molar-refractivity contribution >= 4 is 0 Å². The Morgan fingerprint density at radius 2 is 1.64 bits per heavy atom. The molecule has 0 saturated carbocycles. The molecule has 2 heteroatoms. The van der Waals surface area contributed by atoms with Crippen molar-refractivity contribution in [3.05, 3.63) is 66.0 Å². The van der Waals surface area contributed by atoms with Gasteiger partial charge in [-0.15, -0.1) is 5.76 Å². The van der Waals surface area contributed by atoms with Crippen LogP contribution in [0.25, 0.3) is 0 Å². The summed E-state index contributed by atoms with van der Waals surface area (Å²) in [6.07, 6.45) is 7.33. The van der Waals surface area contributed by atoms with Gasteiger partial charge in [-0.25, -0.2) is 12.1 Å². The molecule has 0 amide bonds. The molecule has 0 saturated heterocycles. The molecule has 0 N–H and O–H groups in total. The van der Waals surface area contributed by atoms with E-state index in [0.717, 1.165) is 5.57 Å². The summed E-state index contributed by atoms with van der Waals surface area (Å²) in [6, 6.07) is 10.0. The van der Waals surface area contributed by atoms with Crippen molar-refractivity contribution in [3.8, 4) is 0 Å². The van der Waals surface area contributed by atoms with E-state index in [0.29, 0.717) is 0 Å². The SMILES string of the molecule is CC([O-])=C1C=CC=C1.[Fe].c1cc[cH-]c1. The van der Waals surface area contributed by atoms with Crippen molar-refractivity contribution in [2.75, 3.05) is 0 Å². The van der Waals surface area contributed by atoms with E-state index in [1.807, 2.05) is 54.6 Å². The third-order valence-electron chi connectivity index (χ3n) is 1.62. The molecule has 0 radical (unpaired) electrons. The molecule has 1 aromatic carbocycles. The molecule has 0 aromatic heterocycles. The summed E-state index contributed by atoms with van der Waals surface area (Å²) in [5.74, 6) is 0.134. The molecule has 0 spiro atoms. The van der Waals surface area contributed by atoms with Gasteiger partial charge in [-0.2, -0.15) is 18.2 Å². The van der Waals surface area contributed by atoms with Crippen LogP contribution < -0.4 is 5.11 Å². The van der Waals surface area contributed by atoms with E-state index in [4.69, 9.17) is 0 Å². The van der Waals surface area contributed by atoms with Crippen molar-refractivity contribution in [2.45, 2.75) is 6.92 Å². The van der Waals surface area contributed by atoms with Crippen LogP contribution in [0.2, 0.25) is 0 Å². The van der Waals surface area contributed by atoms with E-state index in [9.17, 15) is 5.11 Å². The second-order valence-electron chi connectivity index (χ2n) is 2.69. The monoisotopic (exact) mass is 228 g/mol. The van der Waals surface area contributed by atoms with Gasteiger partial charge in [-0.3, -0.25) is 0 Å². The molecule has 0 bridgehead atoms. The predicted octanol–water partition coefficient (Wildman–Crippen LogP) is 2.15. The zero-order chi connectivity index (χ0) is 9.52. The van der Waals surface area contributed by atoms with Crippen LogP contribution in [0.4, 0.5) is 0 Å². The van der Waals surface area contributed by atoms with Gasteiger partial charge in [0.25, 0.3) is 0 Å². The average molecular weight is 228 g/mol. The van der Waals surface area contributed by atoms with Gasteiger partial charge in [0.1, 0.15) is 0 Å². The van der Waals surface area contributed by atoms with Crippen LogP contribution in [0.15, 0.2) is 66.0 Å². The quantitative estimate of drug-likeness (QED) is 0.379. The van der Waals surface area contributed by atoms with Crippen molar-refractivity contribution in [2.24, 2.45) is 0 Å². The molecule has 0 aliphatic heterocycles. The molecule has 14 heavy (non-hydrogen) atoms. The second kappa shape index (κ2) is 7.31.